The normalized spacial score (nSPS) is 9.73. The van der Waals surface area contributed by atoms with Crippen molar-refractivity contribution in [2.24, 2.45) is 0 Å². The van der Waals surface area contributed by atoms with E-state index in [0.717, 1.165) is 0 Å². The van der Waals surface area contributed by atoms with Gasteiger partial charge in [0.2, 0.25) is 0 Å². The van der Waals surface area contributed by atoms with Gasteiger partial charge in [-0.3, -0.25) is 4.79 Å². The van der Waals surface area contributed by atoms with Gasteiger partial charge in [0.15, 0.2) is 0 Å². The van der Waals surface area contributed by atoms with Crippen LogP contribution in [0.2, 0.25) is 5.02 Å². The Bertz CT molecular complexity index is 404. The minimum Gasteiger partial charge on any atom is -0.399 e. The monoisotopic (exact) mass is 244 g/mol. The fourth-order valence-corrected chi connectivity index (χ4v) is 1.26. The van der Waals surface area contributed by atoms with Crippen molar-refractivity contribution in [2.45, 2.75) is 0 Å². The highest BCUT2D eigenvalue weighted by Gasteiger charge is 2.09. The predicted octanol–water partition coefficient (Wildman–Crippen LogP) is 2.40. The van der Waals surface area contributed by atoms with Gasteiger partial charge >= 0.3 is 0 Å². The lowest BCUT2D eigenvalue weighted by atomic mass is 10.2. The molecule has 0 aromatic heterocycles. The zero-order valence-corrected chi connectivity index (χ0v) is 9.40. The molecule has 1 amide bonds. The number of carbonyl (C=O) groups excluding carboxylic acids is 1. The molecule has 0 fully saturated rings. The van der Waals surface area contributed by atoms with Crippen LogP contribution in [0.1, 0.15) is 10.4 Å². The molecule has 1 aromatic rings. The third-order valence-corrected chi connectivity index (χ3v) is 2.14. The lowest BCUT2D eigenvalue weighted by Gasteiger charge is -2.06. The van der Waals surface area contributed by atoms with E-state index in [1.54, 1.807) is 12.1 Å². The average molecular weight is 245 g/mol. The maximum absolute atomic E-state index is 11.6. The Hall–Kier alpha value is -1.19. The highest BCUT2D eigenvalue weighted by molar-refractivity contribution is 6.34. The number of hydrogen-bond donors (Lipinski definition) is 2. The van der Waals surface area contributed by atoms with Gasteiger partial charge in [0.1, 0.15) is 0 Å². The molecule has 0 radical (unpaired) electrons. The van der Waals surface area contributed by atoms with E-state index in [1.807, 2.05) is 0 Å². The summed E-state index contributed by atoms with van der Waals surface area (Å²) in [5.74, 6) is -0.325. The minimum atomic E-state index is -0.325. The van der Waals surface area contributed by atoms with E-state index in [2.05, 4.69) is 11.9 Å². The van der Waals surface area contributed by atoms with Gasteiger partial charge in [-0.25, -0.2) is 0 Å². The Kier molecular flexibility index (Phi) is 4.00. The summed E-state index contributed by atoms with van der Waals surface area (Å²) in [5, 5.41) is 3.26. The molecular formula is C10H10Cl2N2O. The summed E-state index contributed by atoms with van der Waals surface area (Å²) in [6.07, 6.45) is 0. The molecular weight excluding hydrogens is 235 g/mol. The number of carbonyl (C=O) groups is 1. The molecule has 15 heavy (non-hydrogen) atoms. The number of benzene rings is 1. The van der Waals surface area contributed by atoms with E-state index in [9.17, 15) is 4.79 Å². The molecule has 0 spiro atoms. The van der Waals surface area contributed by atoms with E-state index in [0.29, 0.717) is 21.3 Å². The second-order valence-electron chi connectivity index (χ2n) is 2.94. The molecule has 0 aliphatic heterocycles. The lowest BCUT2D eigenvalue weighted by molar-refractivity contribution is 0.0958. The summed E-state index contributed by atoms with van der Waals surface area (Å²) in [5.41, 5.74) is 6.35. The predicted molar refractivity (Wildman–Crippen MR) is 63.2 cm³/mol. The standard InChI is InChI=1S/C10H10Cl2N2O/c1-6(11)5-14-10(15)8-4-7(13)2-3-9(8)12/h2-4H,1,5,13H2,(H,14,15). The molecule has 0 unspecified atom stereocenters. The van der Waals surface area contributed by atoms with Crippen LogP contribution in [0.4, 0.5) is 5.69 Å². The van der Waals surface area contributed by atoms with E-state index in [4.69, 9.17) is 28.9 Å². The summed E-state index contributed by atoms with van der Waals surface area (Å²) in [7, 11) is 0. The first-order chi connectivity index (χ1) is 7.00. The molecule has 0 atom stereocenters. The minimum absolute atomic E-state index is 0.200. The van der Waals surface area contributed by atoms with Crippen molar-refractivity contribution < 1.29 is 4.79 Å². The fraction of sp³-hybridized carbons (Fsp3) is 0.100. The Morgan fingerprint density at radius 1 is 1.53 bits per heavy atom. The van der Waals surface area contributed by atoms with Crippen LogP contribution in [0.3, 0.4) is 0 Å². The third kappa shape index (κ3) is 3.46. The molecule has 5 heteroatoms. The number of hydrogen-bond acceptors (Lipinski definition) is 2. The van der Waals surface area contributed by atoms with Crippen LogP contribution in [-0.2, 0) is 0 Å². The van der Waals surface area contributed by atoms with E-state index in [1.165, 1.54) is 6.07 Å². The molecule has 0 aliphatic rings. The van der Waals surface area contributed by atoms with Gasteiger partial charge in [-0.2, -0.15) is 0 Å². The zero-order chi connectivity index (χ0) is 11.4. The van der Waals surface area contributed by atoms with Gasteiger partial charge in [0, 0.05) is 10.7 Å². The van der Waals surface area contributed by atoms with Crippen molar-refractivity contribution in [1.29, 1.82) is 0 Å². The van der Waals surface area contributed by atoms with E-state index >= 15 is 0 Å². The number of nitrogen functional groups attached to an aromatic ring is 1. The second kappa shape index (κ2) is 5.05. The molecule has 0 bridgehead atoms. The molecule has 0 saturated carbocycles. The van der Waals surface area contributed by atoms with Crippen molar-refractivity contribution in [2.75, 3.05) is 12.3 Å². The largest absolute Gasteiger partial charge is 0.399 e. The number of nitrogens with two attached hydrogens (primary N) is 1. The first-order valence-electron chi connectivity index (χ1n) is 4.17. The maximum atomic E-state index is 11.6. The van der Waals surface area contributed by atoms with Crippen LogP contribution in [-0.4, -0.2) is 12.5 Å². The van der Waals surface area contributed by atoms with Gasteiger partial charge in [-0.05, 0) is 18.2 Å². The van der Waals surface area contributed by atoms with Crippen LogP contribution in [0, 0.1) is 0 Å². The summed E-state index contributed by atoms with van der Waals surface area (Å²) >= 11 is 11.3. The quantitative estimate of drug-likeness (QED) is 0.803. The van der Waals surface area contributed by atoms with Crippen LogP contribution in [0.5, 0.6) is 0 Å². The van der Waals surface area contributed by atoms with Gasteiger partial charge in [-0.1, -0.05) is 29.8 Å². The smallest absolute Gasteiger partial charge is 0.253 e. The molecule has 80 valence electrons. The Morgan fingerprint density at radius 2 is 2.20 bits per heavy atom. The Balaban J connectivity index is 2.81. The van der Waals surface area contributed by atoms with Gasteiger partial charge in [0.05, 0.1) is 17.1 Å². The first kappa shape index (κ1) is 11.9. The number of rotatable bonds is 3. The summed E-state index contributed by atoms with van der Waals surface area (Å²) in [4.78, 5) is 11.6. The van der Waals surface area contributed by atoms with Crippen molar-refractivity contribution in [3.05, 3.63) is 40.4 Å². The third-order valence-electron chi connectivity index (χ3n) is 1.68. The van der Waals surface area contributed by atoms with Crippen LogP contribution in [0.15, 0.2) is 29.8 Å². The van der Waals surface area contributed by atoms with Gasteiger partial charge < -0.3 is 11.1 Å². The lowest BCUT2D eigenvalue weighted by Crippen LogP contribution is -2.24. The number of amides is 1. The summed E-state index contributed by atoms with van der Waals surface area (Å²) in [6, 6.07) is 4.70. The number of halogens is 2. The fourth-order valence-electron chi connectivity index (χ4n) is 0.988. The molecule has 0 aliphatic carbocycles. The molecule has 1 rings (SSSR count). The van der Waals surface area contributed by atoms with Crippen molar-refractivity contribution >= 4 is 34.8 Å². The van der Waals surface area contributed by atoms with Gasteiger partial charge in [0.25, 0.3) is 5.91 Å². The SMILES string of the molecule is C=C(Cl)CNC(=O)c1cc(N)ccc1Cl. The van der Waals surface area contributed by atoms with E-state index in [-0.39, 0.29) is 12.5 Å². The molecule has 0 saturated heterocycles. The van der Waals surface area contributed by atoms with Crippen molar-refractivity contribution in [3.8, 4) is 0 Å². The Labute approximate surface area is 97.9 Å². The zero-order valence-electron chi connectivity index (χ0n) is 7.89. The molecule has 3 nitrogen and oxygen atoms in total. The number of anilines is 1. The Morgan fingerprint density at radius 3 is 2.80 bits per heavy atom. The highest BCUT2D eigenvalue weighted by atomic mass is 35.5. The van der Waals surface area contributed by atoms with Crippen LogP contribution < -0.4 is 11.1 Å². The van der Waals surface area contributed by atoms with Gasteiger partial charge in [-0.15, -0.1) is 0 Å². The average Bonchev–Trinajstić information content (AvgIpc) is 2.18. The number of nitrogens with one attached hydrogen (secondary N) is 1. The van der Waals surface area contributed by atoms with Crippen LogP contribution in [0.25, 0.3) is 0 Å². The topological polar surface area (TPSA) is 55.1 Å². The highest BCUT2D eigenvalue weighted by Crippen LogP contribution is 2.18. The molecule has 3 N–H and O–H groups in total. The summed E-state index contributed by atoms with van der Waals surface area (Å²) < 4.78 is 0. The second-order valence-corrected chi connectivity index (χ2v) is 3.88. The van der Waals surface area contributed by atoms with Crippen molar-refractivity contribution in [1.82, 2.24) is 5.32 Å². The molecule has 0 heterocycles. The first-order valence-corrected chi connectivity index (χ1v) is 4.93. The van der Waals surface area contributed by atoms with E-state index < -0.39 is 0 Å². The molecule has 1 aromatic carbocycles. The van der Waals surface area contributed by atoms with Crippen molar-refractivity contribution in [3.63, 3.8) is 0 Å². The summed E-state index contributed by atoms with van der Waals surface area (Å²) in [6.45, 7) is 3.65. The maximum Gasteiger partial charge on any atom is 0.253 e. The van der Waals surface area contributed by atoms with Crippen LogP contribution >= 0.6 is 23.2 Å².